The van der Waals surface area contributed by atoms with Crippen LogP contribution in [0.5, 0.6) is 0 Å². The lowest BCUT2D eigenvalue weighted by Crippen LogP contribution is -2.52. The monoisotopic (exact) mass is 698 g/mol. The first-order valence-corrected chi connectivity index (χ1v) is 21.6. The first kappa shape index (κ1) is 33.9. The van der Waals surface area contributed by atoms with Gasteiger partial charge in [0.1, 0.15) is 12.3 Å². The molecule has 47 heavy (non-hydrogen) atoms. The lowest BCUT2D eigenvalue weighted by atomic mass is 9.98. The molecule has 3 aromatic heterocycles. The fourth-order valence-corrected chi connectivity index (χ4v) is 8.92. The Kier molecular flexibility index (Phi) is 9.27. The molecule has 1 amide bonds. The largest absolute Gasteiger partial charge is 0.444 e. The number of anilines is 1. The topological polar surface area (TPSA) is 104 Å². The molecule has 0 aliphatic carbocycles. The minimum Gasteiger partial charge on any atom is -0.444 e. The van der Waals surface area contributed by atoms with Gasteiger partial charge in [0.2, 0.25) is 5.95 Å². The Morgan fingerprint density at radius 1 is 1.13 bits per heavy atom. The molecule has 10 nitrogen and oxygen atoms in total. The van der Waals surface area contributed by atoms with Crippen LogP contribution in [-0.4, -0.2) is 63.6 Å². The van der Waals surface area contributed by atoms with E-state index >= 15 is 0 Å². The number of hydrogen-bond acceptors (Lipinski definition) is 8. The summed E-state index contributed by atoms with van der Waals surface area (Å²) in [5, 5.41) is 5.24. The van der Waals surface area contributed by atoms with E-state index in [0.29, 0.717) is 28.6 Å². The summed E-state index contributed by atoms with van der Waals surface area (Å²) in [4.78, 5) is 39.2. The second-order valence-electron chi connectivity index (χ2n) is 15.2. The Hall–Kier alpha value is -2.93. The van der Waals surface area contributed by atoms with E-state index in [4.69, 9.17) is 31.0 Å². The van der Waals surface area contributed by atoms with Crippen molar-refractivity contribution in [2.75, 3.05) is 11.5 Å². The van der Waals surface area contributed by atoms with Crippen LogP contribution in [0.4, 0.5) is 10.7 Å². The van der Waals surface area contributed by atoms with Crippen molar-refractivity contribution in [3.63, 3.8) is 0 Å². The predicted molar refractivity (Wildman–Crippen MR) is 194 cm³/mol. The van der Waals surface area contributed by atoms with Crippen molar-refractivity contribution in [2.45, 2.75) is 116 Å². The minimum absolute atomic E-state index is 0.00612. The zero-order valence-corrected chi connectivity index (χ0v) is 31.3. The number of amides is 1. The first-order valence-electron chi connectivity index (χ1n) is 16.7. The number of thiazole rings is 1. The summed E-state index contributed by atoms with van der Waals surface area (Å²) in [6.07, 6.45) is 5.89. The fourth-order valence-electron chi connectivity index (χ4n) is 6.84. The third kappa shape index (κ3) is 6.97. The molecule has 2 aliphatic heterocycles. The number of halogens is 1. The van der Waals surface area contributed by atoms with Gasteiger partial charge >= 0.3 is 6.09 Å². The molecule has 254 valence electrons. The molecule has 0 spiro atoms. The highest BCUT2D eigenvalue weighted by atomic mass is 35.5. The SMILES string of the molecule is CCc1nc2ccc(-c3cn(COCC[Si](C)(C)C)c4nc(N5[C@@H]6CC[C@H]5CC(NC(=O)OC(C)(C)C)C6)n(C)c(=O)c34)c(Cl)c2s1. The minimum atomic E-state index is -1.28. The third-order valence-corrected chi connectivity index (χ3v) is 12.6. The van der Waals surface area contributed by atoms with Crippen LogP contribution < -0.4 is 15.8 Å². The standard InChI is InChI=1S/C34H47ClN6O4SSi/c1-9-26-37-25-13-12-23(28(35)29(25)46-26)24-18-40(19-44-14-15-47(6,7)8)30-27(24)31(42)39(5)32(38-30)41-21-10-11-22(41)17-20(16-21)36-33(43)45-34(2,3)4/h12-13,18,20-22H,9-11,14-17,19H2,1-8H3,(H,36,43)/t20?,21-,22+. The molecule has 2 bridgehead atoms. The Bertz CT molecular complexity index is 1860. The highest BCUT2D eigenvalue weighted by molar-refractivity contribution is 7.19. The zero-order valence-electron chi connectivity index (χ0n) is 28.8. The van der Waals surface area contributed by atoms with Gasteiger partial charge in [0.05, 0.1) is 25.6 Å². The lowest BCUT2D eigenvalue weighted by molar-refractivity contribution is 0.0492. The lowest BCUT2D eigenvalue weighted by Gasteiger charge is -2.40. The number of ether oxygens (including phenoxy) is 2. The van der Waals surface area contributed by atoms with Gasteiger partial charge in [-0.05, 0) is 65.0 Å². The van der Waals surface area contributed by atoms with Gasteiger partial charge in [-0.15, -0.1) is 11.3 Å². The molecule has 5 heterocycles. The molecule has 2 fully saturated rings. The number of rotatable bonds is 9. The average Bonchev–Trinajstić information content (AvgIpc) is 3.64. The number of fused-ring (bicyclic) bond motifs is 4. The van der Waals surface area contributed by atoms with Gasteiger partial charge in [0, 0.05) is 57.2 Å². The molecule has 2 aliphatic rings. The second kappa shape index (κ2) is 12.8. The molecule has 4 aromatic rings. The van der Waals surface area contributed by atoms with Crippen molar-refractivity contribution in [3.8, 4) is 11.1 Å². The summed E-state index contributed by atoms with van der Waals surface area (Å²) in [6.45, 7) is 15.6. The van der Waals surface area contributed by atoms with Crippen molar-refractivity contribution < 1.29 is 14.3 Å². The van der Waals surface area contributed by atoms with Crippen molar-refractivity contribution in [1.29, 1.82) is 0 Å². The molecule has 0 radical (unpaired) electrons. The number of piperidine rings is 1. The molecule has 13 heteroatoms. The Balaban J connectivity index is 1.38. The maximum Gasteiger partial charge on any atom is 0.407 e. The summed E-state index contributed by atoms with van der Waals surface area (Å²) < 4.78 is 16.3. The normalized spacial score (nSPS) is 20.0. The number of aryl methyl sites for hydroxylation is 1. The molecular weight excluding hydrogens is 652 g/mol. The van der Waals surface area contributed by atoms with Crippen LogP contribution in [0.2, 0.25) is 30.7 Å². The quantitative estimate of drug-likeness (QED) is 0.142. The fraction of sp³-hybridized carbons (Fsp3) is 0.588. The van der Waals surface area contributed by atoms with Crippen LogP contribution in [0.25, 0.3) is 32.4 Å². The first-order chi connectivity index (χ1) is 22.1. The van der Waals surface area contributed by atoms with Gasteiger partial charge in [-0.3, -0.25) is 9.36 Å². The van der Waals surface area contributed by atoms with Crippen molar-refractivity contribution >= 4 is 64.3 Å². The van der Waals surface area contributed by atoms with E-state index in [1.54, 1.807) is 15.9 Å². The van der Waals surface area contributed by atoms with Gasteiger partial charge in [-0.2, -0.15) is 4.98 Å². The van der Waals surface area contributed by atoms with Crippen molar-refractivity contribution in [1.82, 2.24) is 24.4 Å². The molecule has 0 saturated carbocycles. The van der Waals surface area contributed by atoms with Crippen LogP contribution in [0.3, 0.4) is 0 Å². The van der Waals surface area contributed by atoms with E-state index in [1.165, 1.54) is 0 Å². The maximum atomic E-state index is 14.4. The van der Waals surface area contributed by atoms with Crippen molar-refractivity contribution in [3.05, 3.63) is 38.7 Å². The highest BCUT2D eigenvalue weighted by Crippen LogP contribution is 2.42. The molecule has 1 unspecified atom stereocenters. The van der Waals surface area contributed by atoms with E-state index in [0.717, 1.165) is 64.5 Å². The molecule has 3 atom stereocenters. The zero-order chi connectivity index (χ0) is 33.8. The number of benzene rings is 1. The van der Waals surface area contributed by atoms with E-state index in [9.17, 15) is 9.59 Å². The highest BCUT2D eigenvalue weighted by Gasteiger charge is 2.43. The van der Waals surface area contributed by atoms with E-state index in [2.05, 4.69) is 36.8 Å². The molecular formula is C34H47ClN6O4SSi. The Morgan fingerprint density at radius 3 is 2.47 bits per heavy atom. The van der Waals surface area contributed by atoms with E-state index in [1.807, 2.05) is 50.7 Å². The van der Waals surface area contributed by atoms with Crippen molar-refractivity contribution in [2.24, 2.45) is 7.05 Å². The van der Waals surface area contributed by atoms with Crippen LogP contribution in [0.15, 0.2) is 23.1 Å². The van der Waals surface area contributed by atoms with Crippen LogP contribution in [0.1, 0.15) is 58.4 Å². The molecule has 1 N–H and O–H groups in total. The molecule has 1 aromatic carbocycles. The van der Waals surface area contributed by atoms with Gasteiger partial charge < -0.3 is 24.3 Å². The number of carbonyl (C=O) groups is 1. The van der Waals surface area contributed by atoms with Gasteiger partial charge in [-0.25, -0.2) is 9.78 Å². The third-order valence-electron chi connectivity index (χ3n) is 9.12. The number of nitrogens with one attached hydrogen (secondary N) is 1. The summed E-state index contributed by atoms with van der Waals surface area (Å²) in [7, 11) is 0.525. The number of carbonyl (C=O) groups excluding carboxylic acids is 1. The van der Waals surface area contributed by atoms with E-state index < -0.39 is 13.7 Å². The number of hydrogen-bond donors (Lipinski definition) is 1. The Labute approximate surface area is 286 Å². The summed E-state index contributed by atoms with van der Waals surface area (Å²) >= 11 is 8.66. The van der Waals surface area contributed by atoms with Gasteiger partial charge in [0.25, 0.3) is 5.56 Å². The van der Waals surface area contributed by atoms with Crippen LogP contribution in [-0.2, 0) is 29.7 Å². The Morgan fingerprint density at radius 2 is 1.83 bits per heavy atom. The van der Waals surface area contributed by atoms with Crippen LogP contribution in [0, 0.1) is 0 Å². The molecule has 2 saturated heterocycles. The average molecular weight is 699 g/mol. The van der Waals surface area contributed by atoms with Gasteiger partial charge in [-0.1, -0.05) is 44.2 Å². The summed E-state index contributed by atoms with van der Waals surface area (Å²) in [6, 6.07) is 5.30. The van der Waals surface area contributed by atoms with Crippen LogP contribution >= 0.6 is 22.9 Å². The number of alkyl carbamates (subject to hydrolysis) is 1. The summed E-state index contributed by atoms with van der Waals surface area (Å²) in [5.74, 6) is 0.648. The molecule has 6 rings (SSSR count). The maximum absolute atomic E-state index is 14.4. The summed E-state index contributed by atoms with van der Waals surface area (Å²) in [5.41, 5.74) is 2.32. The van der Waals surface area contributed by atoms with E-state index in [-0.39, 0.29) is 36.5 Å². The predicted octanol–water partition coefficient (Wildman–Crippen LogP) is 7.56. The number of aromatic nitrogens is 4. The number of nitrogens with zero attached hydrogens (tertiary/aromatic N) is 5. The van der Waals surface area contributed by atoms with Gasteiger partial charge in [0.15, 0.2) is 5.65 Å². The smallest absolute Gasteiger partial charge is 0.407 e. The second-order valence-corrected chi connectivity index (χ2v) is 22.3.